The number of aryl methyl sites for hydroxylation is 1. The molecule has 7 heteroatoms. The highest BCUT2D eigenvalue weighted by Gasteiger charge is 2.15. The number of hydrogen-bond acceptors (Lipinski definition) is 3. The molecule has 0 aliphatic carbocycles. The van der Waals surface area contributed by atoms with Crippen LogP contribution >= 0.6 is 0 Å². The number of aromatic nitrogens is 3. The van der Waals surface area contributed by atoms with E-state index in [1.54, 1.807) is 32.0 Å². The molecular formula is C18H16F2N4O. The molecule has 1 aromatic heterocycles. The molecule has 1 N–H and O–H groups in total. The fourth-order valence-electron chi connectivity index (χ4n) is 2.33. The first-order chi connectivity index (χ1) is 12.0. The molecule has 3 rings (SSSR count). The van der Waals surface area contributed by atoms with Crippen LogP contribution in [-0.2, 0) is 6.54 Å². The van der Waals surface area contributed by atoms with Gasteiger partial charge in [0.2, 0.25) is 0 Å². The Balaban J connectivity index is 1.78. The minimum atomic E-state index is -0.486. The van der Waals surface area contributed by atoms with Crippen LogP contribution in [0, 0.1) is 25.5 Å². The van der Waals surface area contributed by atoms with Crippen molar-refractivity contribution >= 4 is 11.7 Å². The first-order valence-corrected chi connectivity index (χ1v) is 7.66. The van der Waals surface area contributed by atoms with E-state index in [9.17, 15) is 13.6 Å². The molecular weight excluding hydrogens is 326 g/mol. The van der Waals surface area contributed by atoms with Gasteiger partial charge in [-0.1, -0.05) is 29.5 Å². The predicted octanol–water partition coefficient (Wildman–Crippen LogP) is 3.47. The van der Waals surface area contributed by atoms with E-state index in [1.165, 1.54) is 28.9 Å². The van der Waals surface area contributed by atoms with E-state index in [4.69, 9.17) is 0 Å². The lowest BCUT2D eigenvalue weighted by Gasteiger charge is -2.06. The number of hydrogen-bond donors (Lipinski definition) is 1. The molecule has 0 aliphatic heterocycles. The first kappa shape index (κ1) is 16.8. The highest BCUT2D eigenvalue weighted by Crippen LogP contribution is 2.16. The monoisotopic (exact) mass is 342 g/mol. The van der Waals surface area contributed by atoms with Gasteiger partial charge in [-0.15, -0.1) is 5.10 Å². The maximum atomic E-state index is 13.7. The molecule has 3 aromatic rings. The molecule has 0 spiro atoms. The Morgan fingerprint density at radius 1 is 1.12 bits per heavy atom. The second kappa shape index (κ2) is 6.80. The lowest BCUT2D eigenvalue weighted by Crippen LogP contribution is -2.14. The molecule has 0 saturated carbocycles. The molecule has 0 unspecified atom stereocenters. The Morgan fingerprint density at radius 2 is 1.88 bits per heavy atom. The zero-order valence-corrected chi connectivity index (χ0v) is 13.8. The van der Waals surface area contributed by atoms with Gasteiger partial charge in [0.05, 0.1) is 12.2 Å². The summed E-state index contributed by atoms with van der Waals surface area (Å²) in [6.07, 6.45) is 0. The zero-order valence-electron chi connectivity index (χ0n) is 13.8. The van der Waals surface area contributed by atoms with Gasteiger partial charge in [-0.05, 0) is 37.6 Å². The summed E-state index contributed by atoms with van der Waals surface area (Å²) in [6, 6.07) is 10.6. The minimum absolute atomic E-state index is 0.186. The van der Waals surface area contributed by atoms with Crippen molar-refractivity contribution in [2.45, 2.75) is 20.4 Å². The highest BCUT2D eigenvalue weighted by atomic mass is 19.1. The summed E-state index contributed by atoms with van der Waals surface area (Å²) >= 11 is 0. The fraction of sp³-hybridized carbons (Fsp3) is 0.167. The van der Waals surface area contributed by atoms with Crippen LogP contribution in [0.2, 0.25) is 0 Å². The number of nitrogens with zero attached hydrogens (tertiary/aromatic N) is 3. The molecule has 0 bridgehead atoms. The van der Waals surface area contributed by atoms with E-state index in [0.717, 1.165) is 0 Å². The SMILES string of the molecule is Cc1ccc(C(=O)Nc2nnn(Cc3ccccc3F)c2C)cc1F. The normalized spacial score (nSPS) is 10.7. The number of carbonyl (C=O) groups is 1. The van der Waals surface area contributed by atoms with Crippen molar-refractivity contribution in [3.8, 4) is 0 Å². The van der Waals surface area contributed by atoms with Crippen molar-refractivity contribution < 1.29 is 13.6 Å². The van der Waals surface area contributed by atoms with Crippen LogP contribution in [0.3, 0.4) is 0 Å². The van der Waals surface area contributed by atoms with Crippen LogP contribution in [0.15, 0.2) is 42.5 Å². The molecule has 0 atom stereocenters. The maximum absolute atomic E-state index is 13.7. The standard InChI is InChI=1S/C18H16F2N4O/c1-11-7-8-13(9-16(11)20)18(25)21-17-12(2)24(23-22-17)10-14-5-3-4-6-15(14)19/h3-9H,10H2,1-2H3,(H,21,25). The number of anilines is 1. The number of amides is 1. The van der Waals surface area contributed by atoms with Crippen molar-refractivity contribution in [1.82, 2.24) is 15.0 Å². The third-order valence-corrected chi connectivity index (χ3v) is 3.93. The van der Waals surface area contributed by atoms with E-state index >= 15 is 0 Å². The van der Waals surface area contributed by atoms with E-state index in [-0.39, 0.29) is 23.7 Å². The minimum Gasteiger partial charge on any atom is -0.303 e. The average Bonchev–Trinajstić information content (AvgIpc) is 2.92. The summed E-state index contributed by atoms with van der Waals surface area (Å²) in [5, 5.41) is 10.5. The maximum Gasteiger partial charge on any atom is 0.257 e. The Hall–Kier alpha value is -3.09. The number of rotatable bonds is 4. The third kappa shape index (κ3) is 3.55. The molecule has 1 amide bonds. The molecule has 1 heterocycles. The molecule has 0 aliphatic rings. The summed E-state index contributed by atoms with van der Waals surface area (Å²) in [5.74, 6) is -1.02. The van der Waals surface area contributed by atoms with Crippen LogP contribution in [-0.4, -0.2) is 20.9 Å². The van der Waals surface area contributed by atoms with Crippen LogP contribution in [0.5, 0.6) is 0 Å². The molecule has 5 nitrogen and oxygen atoms in total. The van der Waals surface area contributed by atoms with Gasteiger partial charge in [0.1, 0.15) is 11.6 Å². The van der Waals surface area contributed by atoms with Crippen LogP contribution in [0.4, 0.5) is 14.6 Å². The van der Waals surface area contributed by atoms with Crippen molar-refractivity contribution in [3.05, 3.63) is 76.5 Å². The Bertz CT molecular complexity index is 937. The largest absolute Gasteiger partial charge is 0.303 e. The van der Waals surface area contributed by atoms with Crippen molar-refractivity contribution in [1.29, 1.82) is 0 Å². The second-order valence-electron chi connectivity index (χ2n) is 5.69. The van der Waals surface area contributed by atoms with Crippen molar-refractivity contribution in [3.63, 3.8) is 0 Å². The summed E-state index contributed by atoms with van der Waals surface area (Å²) in [5.41, 5.74) is 1.69. The number of carbonyl (C=O) groups excluding carboxylic acids is 1. The predicted molar refractivity (Wildman–Crippen MR) is 89.4 cm³/mol. The Morgan fingerprint density at radius 3 is 2.60 bits per heavy atom. The lowest BCUT2D eigenvalue weighted by atomic mass is 10.1. The van der Waals surface area contributed by atoms with Crippen molar-refractivity contribution in [2.75, 3.05) is 5.32 Å². The van der Waals surface area contributed by atoms with Gasteiger partial charge in [-0.3, -0.25) is 4.79 Å². The lowest BCUT2D eigenvalue weighted by molar-refractivity contribution is 0.102. The molecule has 2 aromatic carbocycles. The van der Waals surface area contributed by atoms with Crippen LogP contribution in [0.25, 0.3) is 0 Å². The average molecular weight is 342 g/mol. The van der Waals surface area contributed by atoms with E-state index in [0.29, 0.717) is 16.8 Å². The topological polar surface area (TPSA) is 59.8 Å². The van der Waals surface area contributed by atoms with Gasteiger partial charge in [0, 0.05) is 11.1 Å². The van der Waals surface area contributed by atoms with Crippen LogP contribution < -0.4 is 5.32 Å². The summed E-state index contributed by atoms with van der Waals surface area (Å²) in [4.78, 5) is 12.2. The quantitative estimate of drug-likeness (QED) is 0.790. The smallest absolute Gasteiger partial charge is 0.257 e. The van der Waals surface area contributed by atoms with Gasteiger partial charge in [0.15, 0.2) is 5.82 Å². The third-order valence-electron chi connectivity index (χ3n) is 3.93. The highest BCUT2D eigenvalue weighted by molar-refractivity contribution is 6.04. The Labute approximate surface area is 143 Å². The van der Waals surface area contributed by atoms with Gasteiger partial charge in [-0.2, -0.15) is 0 Å². The first-order valence-electron chi connectivity index (χ1n) is 7.66. The summed E-state index contributed by atoms with van der Waals surface area (Å²) in [6.45, 7) is 3.53. The van der Waals surface area contributed by atoms with E-state index < -0.39 is 11.7 Å². The second-order valence-corrected chi connectivity index (χ2v) is 5.69. The molecule has 0 saturated heterocycles. The molecule has 0 radical (unpaired) electrons. The zero-order chi connectivity index (χ0) is 18.0. The fourth-order valence-corrected chi connectivity index (χ4v) is 2.33. The molecule has 128 valence electrons. The van der Waals surface area contributed by atoms with Gasteiger partial charge in [-0.25, -0.2) is 13.5 Å². The van der Waals surface area contributed by atoms with E-state index in [1.807, 2.05) is 0 Å². The summed E-state index contributed by atoms with van der Waals surface area (Å²) in [7, 11) is 0. The number of halogens is 2. The molecule has 0 fully saturated rings. The number of nitrogens with one attached hydrogen (secondary N) is 1. The van der Waals surface area contributed by atoms with Gasteiger partial charge in [0.25, 0.3) is 5.91 Å². The Kier molecular flexibility index (Phi) is 4.56. The van der Waals surface area contributed by atoms with Crippen LogP contribution in [0.1, 0.15) is 27.2 Å². The van der Waals surface area contributed by atoms with Gasteiger partial charge >= 0.3 is 0 Å². The number of benzene rings is 2. The van der Waals surface area contributed by atoms with Crippen molar-refractivity contribution in [2.24, 2.45) is 0 Å². The molecule has 25 heavy (non-hydrogen) atoms. The van der Waals surface area contributed by atoms with Gasteiger partial charge < -0.3 is 5.32 Å². The summed E-state index contributed by atoms with van der Waals surface area (Å²) < 4.78 is 28.8. The van der Waals surface area contributed by atoms with E-state index in [2.05, 4.69) is 15.6 Å².